The van der Waals surface area contributed by atoms with Crippen LogP contribution >= 0.6 is 35.0 Å². The number of carbonyl (C=O) groups is 1. The van der Waals surface area contributed by atoms with Gasteiger partial charge in [0.1, 0.15) is 21.2 Å². The summed E-state index contributed by atoms with van der Waals surface area (Å²) in [6.45, 7) is 0. The predicted octanol–water partition coefficient (Wildman–Crippen LogP) is 3.99. The molecule has 1 saturated carbocycles. The molecule has 0 unspecified atom stereocenters. The van der Waals surface area contributed by atoms with Crippen molar-refractivity contribution in [3.8, 4) is 0 Å². The second kappa shape index (κ2) is 6.02. The van der Waals surface area contributed by atoms with Crippen LogP contribution in [0.3, 0.4) is 0 Å². The van der Waals surface area contributed by atoms with Crippen LogP contribution in [0.25, 0.3) is 11.2 Å². The number of halogens is 2. The van der Waals surface area contributed by atoms with E-state index in [0.717, 1.165) is 22.5 Å². The highest BCUT2D eigenvalue weighted by Crippen LogP contribution is 2.59. The zero-order chi connectivity index (χ0) is 16.7. The summed E-state index contributed by atoms with van der Waals surface area (Å²) in [7, 11) is 0. The molecule has 0 spiro atoms. The van der Waals surface area contributed by atoms with Crippen LogP contribution in [0.5, 0.6) is 0 Å². The minimum Gasteiger partial charge on any atom is -0.341 e. The average molecular weight is 379 g/mol. The summed E-state index contributed by atoms with van der Waals surface area (Å²) in [6.07, 6.45) is 3.77. The minimum atomic E-state index is -0.649. The largest absolute Gasteiger partial charge is 0.341 e. The number of hydrogen-bond acceptors (Lipinski definition) is 5. The summed E-state index contributed by atoms with van der Waals surface area (Å²) in [5.74, 6) is 0.494. The molecule has 3 aromatic rings. The van der Waals surface area contributed by atoms with Crippen molar-refractivity contribution in [2.75, 3.05) is 5.75 Å². The van der Waals surface area contributed by atoms with E-state index in [-0.39, 0.29) is 11.7 Å². The summed E-state index contributed by atoms with van der Waals surface area (Å²) in [6, 6.07) is 7.50. The lowest BCUT2D eigenvalue weighted by atomic mass is 10.1. The molecule has 0 amide bonds. The number of H-pyrrole nitrogens is 1. The van der Waals surface area contributed by atoms with Gasteiger partial charge in [0.25, 0.3) is 0 Å². The fourth-order valence-corrected chi connectivity index (χ4v) is 3.96. The normalized spacial score (nSPS) is 18.7. The summed E-state index contributed by atoms with van der Waals surface area (Å²) in [5, 5.41) is 0.717. The Labute approximate surface area is 152 Å². The quantitative estimate of drug-likeness (QED) is 0.314. The molecular formula is C16H12Cl2N4OS. The molecule has 0 aliphatic heterocycles. The Morgan fingerprint density at radius 3 is 2.71 bits per heavy atom. The number of imidazole rings is 1. The molecule has 0 radical (unpaired) electrons. The molecule has 8 heteroatoms. The smallest absolute Gasteiger partial charge is 0.181 e. The number of ketones is 1. The van der Waals surface area contributed by atoms with Gasteiger partial charge in [-0.2, -0.15) is 0 Å². The van der Waals surface area contributed by atoms with Gasteiger partial charge in [0.15, 0.2) is 11.4 Å². The number of hydrogen-bond donors (Lipinski definition) is 1. The van der Waals surface area contributed by atoms with E-state index in [4.69, 9.17) is 23.2 Å². The van der Waals surface area contributed by atoms with Crippen LogP contribution in [0.2, 0.25) is 0 Å². The van der Waals surface area contributed by atoms with Gasteiger partial charge >= 0.3 is 0 Å². The van der Waals surface area contributed by atoms with Crippen molar-refractivity contribution in [2.45, 2.75) is 21.7 Å². The Hall–Kier alpha value is -1.63. The lowest BCUT2D eigenvalue weighted by Crippen LogP contribution is -2.03. The lowest BCUT2D eigenvalue weighted by Gasteiger charge is -2.04. The maximum absolute atomic E-state index is 12.4. The van der Waals surface area contributed by atoms with Crippen LogP contribution < -0.4 is 0 Å². The van der Waals surface area contributed by atoms with Gasteiger partial charge < -0.3 is 4.98 Å². The SMILES string of the molecule is O=C(CSc1ncnc2nc[nH]c12)c1ccc([C@H]2CC2(Cl)Cl)cc1. The lowest BCUT2D eigenvalue weighted by molar-refractivity contribution is 0.102. The number of Topliss-reactive ketones (excluding diaryl/α,β-unsaturated/α-hetero) is 1. The molecule has 1 fully saturated rings. The maximum atomic E-state index is 12.4. The van der Waals surface area contributed by atoms with E-state index in [1.807, 2.05) is 24.3 Å². The first-order chi connectivity index (χ1) is 11.5. The van der Waals surface area contributed by atoms with Crippen LogP contribution in [-0.2, 0) is 0 Å². The molecule has 2 heterocycles. The molecule has 4 rings (SSSR count). The molecule has 5 nitrogen and oxygen atoms in total. The summed E-state index contributed by atoms with van der Waals surface area (Å²) in [4.78, 5) is 27.7. The molecular weight excluding hydrogens is 367 g/mol. The zero-order valence-corrected chi connectivity index (χ0v) is 14.7. The topological polar surface area (TPSA) is 71.5 Å². The van der Waals surface area contributed by atoms with Crippen LogP contribution in [-0.4, -0.2) is 35.8 Å². The average Bonchev–Trinajstić information content (AvgIpc) is 2.99. The van der Waals surface area contributed by atoms with Crippen LogP contribution in [0.4, 0.5) is 0 Å². The van der Waals surface area contributed by atoms with Crippen molar-refractivity contribution in [2.24, 2.45) is 0 Å². The van der Waals surface area contributed by atoms with Gasteiger partial charge in [-0.3, -0.25) is 4.79 Å². The Kier molecular flexibility index (Phi) is 3.98. The first-order valence-electron chi connectivity index (χ1n) is 7.32. The molecule has 122 valence electrons. The van der Waals surface area contributed by atoms with E-state index in [1.54, 1.807) is 6.33 Å². The Morgan fingerprint density at radius 1 is 1.25 bits per heavy atom. The number of fused-ring (bicyclic) bond motifs is 1. The third kappa shape index (κ3) is 3.01. The van der Waals surface area contributed by atoms with E-state index in [9.17, 15) is 4.79 Å². The highest BCUT2D eigenvalue weighted by molar-refractivity contribution is 8.00. The second-order valence-electron chi connectivity index (χ2n) is 5.63. The summed E-state index contributed by atoms with van der Waals surface area (Å²) >= 11 is 13.5. The molecule has 0 saturated heterocycles. The molecule has 1 aliphatic rings. The Bertz CT molecular complexity index is 910. The Balaban J connectivity index is 1.44. The van der Waals surface area contributed by atoms with Gasteiger partial charge in [-0.25, -0.2) is 15.0 Å². The van der Waals surface area contributed by atoms with E-state index >= 15 is 0 Å². The van der Waals surface area contributed by atoms with E-state index < -0.39 is 4.33 Å². The molecule has 1 atom stereocenters. The molecule has 2 aromatic heterocycles. The van der Waals surface area contributed by atoms with Crippen molar-refractivity contribution in [1.29, 1.82) is 0 Å². The summed E-state index contributed by atoms with van der Waals surface area (Å²) in [5.41, 5.74) is 3.08. The number of thioether (sulfide) groups is 1. The zero-order valence-electron chi connectivity index (χ0n) is 12.4. The van der Waals surface area contributed by atoms with Gasteiger partial charge in [-0.05, 0) is 12.0 Å². The molecule has 1 aromatic carbocycles. The monoisotopic (exact) mass is 378 g/mol. The number of rotatable bonds is 5. The number of aromatic amines is 1. The minimum absolute atomic E-state index is 0.0386. The van der Waals surface area contributed by atoms with Gasteiger partial charge in [0, 0.05) is 11.5 Å². The first kappa shape index (κ1) is 15.9. The fourth-order valence-electron chi connectivity index (χ4n) is 2.55. The highest BCUT2D eigenvalue weighted by atomic mass is 35.5. The van der Waals surface area contributed by atoms with Gasteiger partial charge in [-0.1, -0.05) is 36.0 Å². The highest BCUT2D eigenvalue weighted by Gasteiger charge is 2.52. The number of benzene rings is 1. The van der Waals surface area contributed by atoms with Gasteiger partial charge in [0.2, 0.25) is 0 Å². The van der Waals surface area contributed by atoms with E-state index in [2.05, 4.69) is 19.9 Å². The molecule has 0 bridgehead atoms. The number of aromatic nitrogens is 4. The van der Waals surface area contributed by atoms with Crippen LogP contribution in [0.1, 0.15) is 28.3 Å². The molecule has 1 N–H and O–H groups in total. The van der Waals surface area contributed by atoms with Crippen molar-refractivity contribution in [3.05, 3.63) is 48.0 Å². The third-order valence-electron chi connectivity index (χ3n) is 3.99. The van der Waals surface area contributed by atoms with Crippen LogP contribution in [0, 0.1) is 0 Å². The van der Waals surface area contributed by atoms with Gasteiger partial charge in [0.05, 0.1) is 12.1 Å². The van der Waals surface area contributed by atoms with Crippen molar-refractivity contribution in [1.82, 2.24) is 19.9 Å². The summed E-state index contributed by atoms with van der Waals surface area (Å²) < 4.78 is -0.649. The molecule has 24 heavy (non-hydrogen) atoms. The third-order valence-corrected chi connectivity index (χ3v) is 5.81. The first-order valence-corrected chi connectivity index (χ1v) is 9.06. The number of nitrogens with one attached hydrogen (secondary N) is 1. The number of nitrogens with zero attached hydrogens (tertiary/aromatic N) is 3. The molecule has 1 aliphatic carbocycles. The van der Waals surface area contributed by atoms with Crippen molar-refractivity contribution < 1.29 is 4.79 Å². The van der Waals surface area contributed by atoms with Crippen molar-refractivity contribution >= 4 is 51.9 Å². The number of alkyl halides is 2. The van der Waals surface area contributed by atoms with Crippen LogP contribution in [0.15, 0.2) is 41.9 Å². The fraction of sp³-hybridized carbons (Fsp3) is 0.250. The van der Waals surface area contributed by atoms with E-state index in [1.165, 1.54) is 18.1 Å². The predicted molar refractivity (Wildman–Crippen MR) is 95.0 cm³/mol. The van der Waals surface area contributed by atoms with Gasteiger partial charge in [-0.15, -0.1) is 23.2 Å². The standard InChI is InChI=1S/C16H12Cl2N4OS/c17-16(18)5-11(16)9-1-3-10(4-2-9)12(23)6-24-15-13-14(20-7-19-13)21-8-22-15/h1-4,7-8,11H,5-6H2,(H,19,20,21,22)/t11-/m1/s1. The van der Waals surface area contributed by atoms with Crippen molar-refractivity contribution in [3.63, 3.8) is 0 Å². The Morgan fingerprint density at radius 2 is 2.00 bits per heavy atom. The van der Waals surface area contributed by atoms with E-state index in [0.29, 0.717) is 17.0 Å². The maximum Gasteiger partial charge on any atom is 0.181 e. The number of carbonyl (C=O) groups excluding carboxylic acids is 1. The second-order valence-corrected chi connectivity index (χ2v) is 8.14.